The minimum Gasteiger partial charge on any atom is -0.394 e. The molecule has 1 saturated carbocycles. The summed E-state index contributed by atoms with van der Waals surface area (Å²) in [6, 6.07) is 6.65. The molecule has 0 aromatic heterocycles. The summed E-state index contributed by atoms with van der Waals surface area (Å²) in [5.41, 5.74) is 0.455. The minimum atomic E-state index is -0.484. The maximum absolute atomic E-state index is 13.3. The van der Waals surface area contributed by atoms with E-state index in [4.69, 9.17) is 0 Å². The first kappa shape index (κ1) is 17.4. The SMILES string of the molecule is CC(CO)(NC(=O)C1CCCN(Cc2cccc(F)c2)C1)C1CC1. The summed E-state index contributed by atoms with van der Waals surface area (Å²) in [6.07, 6.45) is 3.99. The molecule has 1 aliphatic heterocycles. The van der Waals surface area contributed by atoms with Crippen LogP contribution >= 0.6 is 0 Å². The van der Waals surface area contributed by atoms with Crippen molar-refractivity contribution in [1.29, 1.82) is 0 Å². The second-order valence-corrected chi connectivity index (χ2v) is 7.54. The van der Waals surface area contributed by atoms with E-state index in [0.717, 1.165) is 37.8 Å². The zero-order valence-corrected chi connectivity index (χ0v) is 14.3. The lowest BCUT2D eigenvalue weighted by Gasteiger charge is -2.35. The first-order valence-electron chi connectivity index (χ1n) is 8.90. The van der Waals surface area contributed by atoms with Gasteiger partial charge in [-0.3, -0.25) is 9.69 Å². The third kappa shape index (κ3) is 4.14. The number of benzene rings is 1. The predicted molar refractivity (Wildman–Crippen MR) is 90.8 cm³/mol. The molecule has 2 atom stereocenters. The molecular formula is C19H27FN2O2. The number of nitrogens with zero attached hydrogens (tertiary/aromatic N) is 1. The van der Waals surface area contributed by atoms with E-state index < -0.39 is 5.54 Å². The molecule has 5 heteroatoms. The molecule has 2 unspecified atom stereocenters. The van der Waals surface area contributed by atoms with Gasteiger partial charge in [-0.15, -0.1) is 0 Å². The number of nitrogens with one attached hydrogen (secondary N) is 1. The molecule has 1 saturated heterocycles. The highest BCUT2D eigenvalue weighted by molar-refractivity contribution is 5.79. The van der Waals surface area contributed by atoms with Crippen LogP contribution in [0.3, 0.4) is 0 Å². The lowest BCUT2D eigenvalue weighted by atomic mass is 9.92. The van der Waals surface area contributed by atoms with Gasteiger partial charge in [0.15, 0.2) is 0 Å². The smallest absolute Gasteiger partial charge is 0.224 e. The number of piperidine rings is 1. The molecule has 1 aromatic carbocycles. The van der Waals surface area contributed by atoms with Crippen LogP contribution in [0.1, 0.15) is 38.2 Å². The average molecular weight is 334 g/mol. The Morgan fingerprint density at radius 2 is 2.21 bits per heavy atom. The standard InChI is InChI=1S/C19H27FN2O2/c1-19(13-23,16-7-8-16)21-18(24)15-5-3-9-22(12-15)11-14-4-2-6-17(20)10-14/h2,4,6,10,15-16,23H,3,5,7-9,11-13H2,1H3,(H,21,24). The summed E-state index contributed by atoms with van der Waals surface area (Å²) in [4.78, 5) is 14.9. The Morgan fingerprint density at radius 1 is 1.42 bits per heavy atom. The van der Waals surface area contributed by atoms with Crippen LogP contribution in [0.25, 0.3) is 0 Å². The average Bonchev–Trinajstić information content (AvgIpc) is 3.40. The maximum Gasteiger partial charge on any atom is 0.224 e. The van der Waals surface area contributed by atoms with E-state index in [0.29, 0.717) is 19.0 Å². The summed E-state index contributed by atoms with van der Waals surface area (Å²) in [7, 11) is 0. The van der Waals surface area contributed by atoms with Gasteiger partial charge in [0.05, 0.1) is 18.1 Å². The van der Waals surface area contributed by atoms with Gasteiger partial charge in [-0.2, -0.15) is 0 Å². The summed E-state index contributed by atoms with van der Waals surface area (Å²) in [5.74, 6) is 0.166. The van der Waals surface area contributed by atoms with Crippen molar-refractivity contribution in [3.63, 3.8) is 0 Å². The Labute approximate surface area is 143 Å². The summed E-state index contributed by atoms with van der Waals surface area (Å²) in [5, 5.41) is 12.7. The summed E-state index contributed by atoms with van der Waals surface area (Å²) >= 11 is 0. The largest absolute Gasteiger partial charge is 0.394 e. The van der Waals surface area contributed by atoms with Crippen LogP contribution in [0.5, 0.6) is 0 Å². The van der Waals surface area contributed by atoms with Crippen molar-refractivity contribution in [2.24, 2.45) is 11.8 Å². The van der Waals surface area contributed by atoms with Gasteiger partial charge in [0.2, 0.25) is 5.91 Å². The van der Waals surface area contributed by atoms with Crippen LogP contribution in [0.15, 0.2) is 24.3 Å². The van der Waals surface area contributed by atoms with E-state index in [1.807, 2.05) is 13.0 Å². The Morgan fingerprint density at radius 3 is 2.88 bits per heavy atom. The number of hydrogen-bond donors (Lipinski definition) is 2. The summed E-state index contributed by atoms with van der Waals surface area (Å²) in [6.45, 7) is 4.22. The second-order valence-electron chi connectivity index (χ2n) is 7.54. The molecule has 1 aliphatic carbocycles. The highest BCUT2D eigenvalue weighted by Gasteiger charge is 2.43. The van der Waals surface area contributed by atoms with E-state index in [-0.39, 0.29) is 24.2 Å². The van der Waals surface area contributed by atoms with E-state index in [2.05, 4.69) is 10.2 Å². The molecule has 0 bridgehead atoms. The van der Waals surface area contributed by atoms with Crippen molar-refractivity contribution in [1.82, 2.24) is 10.2 Å². The lowest BCUT2D eigenvalue weighted by Crippen LogP contribution is -2.54. The van der Waals surface area contributed by atoms with Gasteiger partial charge in [-0.25, -0.2) is 4.39 Å². The van der Waals surface area contributed by atoms with Crippen molar-refractivity contribution in [2.75, 3.05) is 19.7 Å². The maximum atomic E-state index is 13.3. The topological polar surface area (TPSA) is 52.6 Å². The molecule has 1 heterocycles. The van der Waals surface area contributed by atoms with Crippen LogP contribution < -0.4 is 5.32 Å². The van der Waals surface area contributed by atoms with Gasteiger partial charge in [0.25, 0.3) is 0 Å². The number of halogens is 1. The molecule has 24 heavy (non-hydrogen) atoms. The van der Waals surface area contributed by atoms with Gasteiger partial charge in [-0.1, -0.05) is 12.1 Å². The number of aliphatic hydroxyl groups is 1. The molecule has 2 N–H and O–H groups in total. The molecule has 132 valence electrons. The zero-order valence-electron chi connectivity index (χ0n) is 14.3. The van der Waals surface area contributed by atoms with Gasteiger partial charge in [0, 0.05) is 13.1 Å². The van der Waals surface area contributed by atoms with Gasteiger partial charge < -0.3 is 10.4 Å². The first-order chi connectivity index (χ1) is 11.5. The number of carbonyl (C=O) groups excluding carboxylic acids is 1. The summed E-state index contributed by atoms with van der Waals surface area (Å²) < 4.78 is 13.3. The number of amides is 1. The van der Waals surface area contributed by atoms with Crippen molar-refractivity contribution < 1.29 is 14.3 Å². The molecule has 0 spiro atoms. The number of hydrogen-bond acceptors (Lipinski definition) is 3. The Balaban J connectivity index is 1.57. The number of rotatable bonds is 6. The Bertz CT molecular complexity index is 590. The van der Waals surface area contributed by atoms with Gasteiger partial charge in [-0.05, 0) is 62.8 Å². The molecule has 0 radical (unpaired) electrons. The van der Waals surface area contributed by atoms with Crippen LogP contribution in [0.2, 0.25) is 0 Å². The van der Waals surface area contributed by atoms with Crippen LogP contribution in [-0.4, -0.2) is 41.1 Å². The number of carbonyl (C=O) groups is 1. The predicted octanol–water partition coefficient (Wildman–Crippen LogP) is 2.31. The number of likely N-dealkylation sites (tertiary alicyclic amines) is 1. The molecular weight excluding hydrogens is 307 g/mol. The van der Waals surface area contributed by atoms with Crippen molar-refractivity contribution in [2.45, 2.75) is 44.7 Å². The number of aliphatic hydroxyl groups excluding tert-OH is 1. The zero-order chi connectivity index (χ0) is 17.2. The monoisotopic (exact) mass is 334 g/mol. The fraction of sp³-hybridized carbons (Fsp3) is 0.632. The van der Waals surface area contributed by atoms with E-state index in [1.165, 1.54) is 6.07 Å². The van der Waals surface area contributed by atoms with E-state index in [1.54, 1.807) is 12.1 Å². The van der Waals surface area contributed by atoms with Crippen LogP contribution in [-0.2, 0) is 11.3 Å². The lowest BCUT2D eigenvalue weighted by molar-refractivity contribution is -0.129. The third-order valence-corrected chi connectivity index (χ3v) is 5.39. The molecule has 2 aliphatic rings. The van der Waals surface area contributed by atoms with Crippen LogP contribution in [0.4, 0.5) is 4.39 Å². The third-order valence-electron chi connectivity index (χ3n) is 5.39. The fourth-order valence-corrected chi connectivity index (χ4v) is 3.68. The molecule has 2 fully saturated rings. The van der Waals surface area contributed by atoms with E-state index >= 15 is 0 Å². The second kappa shape index (κ2) is 7.19. The van der Waals surface area contributed by atoms with Gasteiger partial charge in [0.1, 0.15) is 5.82 Å². The highest BCUT2D eigenvalue weighted by atomic mass is 19.1. The quantitative estimate of drug-likeness (QED) is 0.839. The minimum absolute atomic E-state index is 0.0108. The highest BCUT2D eigenvalue weighted by Crippen LogP contribution is 2.39. The van der Waals surface area contributed by atoms with Crippen molar-refractivity contribution in [3.05, 3.63) is 35.6 Å². The molecule has 3 rings (SSSR count). The van der Waals surface area contributed by atoms with Gasteiger partial charge >= 0.3 is 0 Å². The Hall–Kier alpha value is -1.46. The van der Waals surface area contributed by atoms with E-state index in [9.17, 15) is 14.3 Å². The molecule has 1 aromatic rings. The van der Waals surface area contributed by atoms with Crippen molar-refractivity contribution >= 4 is 5.91 Å². The molecule has 4 nitrogen and oxygen atoms in total. The normalized spacial score (nSPS) is 24.4. The fourth-order valence-electron chi connectivity index (χ4n) is 3.68. The van der Waals surface area contributed by atoms with Crippen LogP contribution in [0, 0.1) is 17.7 Å². The molecule has 1 amide bonds. The van der Waals surface area contributed by atoms with Crippen molar-refractivity contribution in [3.8, 4) is 0 Å². The Kier molecular flexibility index (Phi) is 5.21. The first-order valence-corrected chi connectivity index (χ1v) is 8.90.